The number of nitrogens with one attached hydrogen (secondary N) is 2. The third-order valence-corrected chi connectivity index (χ3v) is 5.23. The minimum atomic E-state index is -0.220. The topological polar surface area (TPSA) is 78.5 Å². The van der Waals surface area contributed by atoms with Crippen molar-refractivity contribution in [2.75, 3.05) is 23.7 Å². The Bertz CT molecular complexity index is 803. The molecule has 7 heteroatoms. The van der Waals surface area contributed by atoms with E-state index >= 15 is 0 Å². The van der Waals surface area contributed by atoms with Gasteiger partial charge < -0.3 is 15.5 Å². The molecule has 1 aromatic carbocycles. The fourth-order valence-electron chi connectivity index (χ4n) is 2.99. The van der Waals surface area contributed by atoms with E-state index in [0.717, 1.165) is 18.5 Å². The SMILES string of the molecule is CC(=O)Nc1ccc(C(=O)N2CCC[C@H](C(=O)Nc3ccccc3)C2)s1. The van der Waals surface area contributed by atoms with E-state index in [-0.39, 0.29) is 23.6 Å². The molecule has 6 nitrogen and oxygen atoms in total. The molecule has 0 radical (unpaired) electrons. The van der Waals surface area contributed by atoms with Gasteiger partial charge in [0.15, 0.2) is 0 Å². The molecule has 26 heavy (non-hydrogen) atoms. The average Bonchev–Trinajstić information content (AvgIpc) is 3.09. The number of carbonyl (C=O) groups is 3. The second kappa shape index (κ2) is 8.14. The van der Waals surface area contributed by atoms with E-state index in [9.17, 15) is 14.4 Å². The van der Waals surface area contributed by atoms with Crippen molar-refractivity contribution in [2.24, 2.45) is 5.92 Å². The van der Waals surface area contributed by atoms with Crippen molar-refractivity contribution in [3.05, 3.63) is 47.3 Å². The molecule has 0 saturated carbocycles. The monoisotopic (exact) mass is 371 g/mol. The predicted octanol–water partition coefficient (Wildman–Crippen LogP) is 3.20. The van der Waals surface area contributed by atoms with Crippen molar-refractivity contribution < 1.29 is 14.4 Å². The molecule has 2 N–H and O–H groups in total. The van der Waals surface area contributed by atoms with Gasteiger partial charge in [0.2, 0.25) is 11.8 Å². The van der Waals surface area contributed by atoms with Gasteiger partial charge in [-0.3, -0.25) is 14.4 Å². The third-order valence-electron chi connectivity index (χ3n) is 4.24. The van der Waals surface area contributed by atoms with E-state index in [1.807, 2.05) is 30.3 Å². The molecule has 0 aliphatic carbocycles. The van der Waals surface area contributed by atoms with E-state index in [1.165, 1.54) is 18.3 Å². The Kier molecular flexibility index (Phi) is 5.68. The van der Waals surface area contributed by atoms with Gasteiger partial charge in [-0.25, -0.2) is 0 Å². The maximum atomic E-state index is 12.7. The summed E-state index contributed by atoms with van der Waals surface area (Å²) in [5, 5.41) is 6.25. The van der Waals surface area contributed by atoms with Crippen LogP contribution in [0.2, 0.25) is 0 Å². The molecule has 1 saturated heterocycles. The lowest BCUT2D eigenvalue weighted by atomic mass is 9.97. The number of amides is 3. The summed E-state index contributed by atoms with van der Waals surface area (Å²) < 4.78 is 0. The molecule has 1 aliphatic rings. The number of nitrogens with zero attached hydrogens (tertiary/aromatic N) is 1. The Morgan fingerprint density at radius 2 is 1.85 bits per heavy atom. The highest BCUT2D eigenvalue weighted by Crippen LogP contribution is 2.26. The minimum Gasteiger partial charge on any atom is -0.337 e. The predicted molar refractivity (Wildman–Crippen MR) is 102 cm³/mol. The van der Waals surface area contributed by atoms with Gasteiger partial charge in [-0.05, 0) is 37.1 Å². The van der Waals surface area contributed by atoms with E-state index in [0.29, 0.717) is 23.0 Å². The number of piperidine rings is 1. The normalized spacial score (nSPS) is 16.8. The van der Waals surface area contributed by atoms with Crippen LogP contribution in [-0.4, -0.2) is 35.7 Å². The highest BCUT2D eigenvalue weighted by Gasteiger charge is 2.29. The largest absolute Gasteiger partial charge is 0.337 e. The zero-order valence-electron chi connectivity index (χ0n) is 14.5. The Balaban J connectivity index is 1.62. The molecule has 136 valence electrons. The number of benzene rings is 1. The van der Waals surface area contributed by atoms with Crippen LogP contribution in [0.15, 0.2) is 42.5 Å². The molecule has 1 aromatic heterocycles. The fourth-order valence-corrected chi connectivity index (χ4v) is 3.91. The molecular formula is C19H21N3O3S. The van der Waals surface area contributed by atoms with Crippen molar-refractivity contribution >= 4 is 39.7 Å². The van der Waals surface area contributed by atoms with Crippen molar-refractivity contribution in [3.63, 3.8) is 0 Å². The quantitative estimate of drug-likeness (QED) is 0.866. The van der Waals surface area contributed by atoms with Crippen molar-refractivity contribution in [1.82, 2.24) is 4.90 Å². The highest BCUT2D eigenvalue weighted by molar-refractivity contribution is 7.18. The van der Waals surface area contributed by atoms with Gasteiger partial charge in [0, 0.05) is 25.7 Å². The summed E-state index contributed by atoms with van der Waals surface area (Å²) in [6.45, 7) is 2.48. The van der Waals surface area contributed by atoms with Crippen LogP contribution in [0.4, 0.5) is 10.7 Å². The molecule has 0 bridgehead atoms. The van der Waals surface area contributed by atoms with Crippen LogP contribution in [0.3, 0.4) is 0 Å². The number of hydrogen-bond donors (Lipinski definition) is 2. The zero-order valence-corrected chi connectivity index (χ0v) is 15.3. The van der Waals surface area contributed by atoms with Crippen LogP contribution in [-0.2, 0) is 9.59 Å². The van der Waals surface area contributed by atoms with E-state index in [1.54, 1.807) is 17.0 Å². The molecule has 0 spiro atoms. The standard InChI is InChI=1S/C19H21N3O3S/c1-13(23)20-17-10-9-16(26-17)19(25)22-11-5-6-14(12-22)18(24)21-15-7-3-2-4-8-15/h2-4,7-10,14H,5-6,11-12H2,1H3,(H,20,23)(H,21,24)/t14-/m0/s1. The van der Waals surface area contributed by atoms with Crippen LogP contribution in [0, 0.1) is 5.92 Å². The average molecular weight is 371 g/mol. The lowest BCUT2D eigenvalue weighted by molar-refractivity contribution is -0.121. The number of rotatable bonds is 4. The molecule has 3 rings (SSSR count). The van der Waals surface area contributed by atoms with Gasteiger partial charge in [-0.15, -0.1) is 11.3 Å². The van der Waals surface area contributed by atoms with Gasteiger partial charge in [0.1, 0.15) is 0 Å². The molecule has 2 heterocycles. The zero-order chi connectivity index (χ0) is 18.5. The van der Waals surface area contributed by atoms with Crippen LogP contribution >= 0.6 is 11.3 Å². The van der Waals surface area contributed by atoms with Gasteiger partial charge in [-0.1, -0.05) is 18.2 Å². The summed E-state index contributed by atoms with van der Waals surface area (Å²) in [5.74, 6) is -0.535. The first-order chi connectivity index (χ1) is 12.5. The van der Waals surface area contributed by atoms with Crippen molar-refractivity contribution in [1.29, 1.82) is 0 Å². The summed E-state index contributed by atoms with van der Waals surface area (Å²) >= 11 is 1.25. The minimum absolute atomic E-state index is 0.0567. The summed E-state index contributed by atoms with van der Waals surface area (Å²) in [4.78, 5) is 38.6. The van der Waals surface area contributed by atoms with Crippen LogP contribution in [0.25, 0.3) is 0 Å². The lowest BCUT2D eigenvalue weighted by Crippen LogP contribution is -2.43. The van der Waals surface area contributed by atoms with Gasteiger partial charge >= 0.3 is 0 Å². The molecular weight excluding hydrogens is 350 g/mol. The molecule has 1 aliphatic heterocycles. The second-order valence-electron chi connectivity index (χ2n) is 6.29. The number of anilines is 2. The van der Waals surface area contributed by atoms with Crippen LogP contribution in [0.1, 0.15) is 29.4 Å². The number of para-hydroxylation sites is 1. The Labute approximate surface area is 156 Å². The van der Waals surface area contributed by atoms with E-state index in [4.69, 9.17) is 0 Å². The van der Waals surface area contributed by atoms with Crippen LogP contribution in [0.5, 0.6) is 0 Å². The van der Waals surface area contributed by atoms with Gasteiger partial charge in [-0.2, -0.15) is 0 Å². The van der Waals surface area contributed by atoms with Gasteiger partial charge in [0.05, 0.1) is 15.8 Å². The van der Waals surface area contributed by atoms with E-state index < -0.39 is 0 Å². The molecule has 2 aromatic rings. The Morgan fingerprint density at radius 3 is 2.58 bits per heavy atom. The smallest absolute Gasteiger partial charge is 0.264 e. The summed E-state index contributed by atoms with van der Waals surface area (Å²) in [7, 11) is 0. The van der Waals surface area contributed by atoms with E-state index in [2.05, 4.69) is 10.6 Å². The third kappa shape index (κ3) is 4.49. The van der Waals surface area contributed by atoms with Crippen molar-refractivity contribution in [3.8, 4) is 0 Å². The van der Waals surface area contributed by atoms with Gasteiger partial charge in [0.25, 0.3) is 5.91 Å². The maximum absolute atomic E-state index is 12.7. The fraction of sp³-hybridized carbons (Fsp3) is 0.316. The molecule has 1 atom stereocenters. The van der Waals surface area contributed by atoms with Crippen LogP contribution < -0.4 is 10.6 Å². The highest BCUT2D eigenvalue weighted by atomic mass is 32.1. The maximum Gasteiger partial charge on any atom is 0.264 e. The first-order valence-corrected chi connectivity index (χ1v) is 9.37. The first-order valence-electron chi connectivity index (χ1n) is 8.55. The first kappa shape index (κ1) is 18.1. The Morgan fingerprint density at radius 1 is 1.08 bits per heavy atom. The summed E-state index contributed by atoms with van der Waals surface area (Å²) in [6.07, 6.45) is 1.56. The lowest BCUT2D eigenvalue weighted by Gasteiger charge is -2.31. The number of carbonyl (C=O) groups excluding carboxylic acids is 3. The number of hydrogen-bond acceptors (Lipinski definition) is 4. The Hall–Kier alpha value is -2.67. The molecule has 0 unspecified atom stereocenters. The summed E-state index contributed by atoms with van der Waals surface area (Å²) in [5.41, 5.74) is 0.763. The number of thiophene rings is 1. The summed E-state index contributed by atoms with van der Waals surface area (Å²) in [6, 6.07) is 12.8. The second-order valence-corrected chi connectivity index (χ2v) is 7.37. The van der Waals surface area contributed by atoms with Crippen molar-refractivity contribution in [2.45, 2.75) is 19.8 Å². The molecule has 3 amide bonds. The molecule has 1 fully saturated rings. The number of likely N-dealkylation sites (tertiary alicyclic amines) is 1.